The summed E-state index contributed by atoms with van der Waals surface area (Å²) < 4.78 is 10.6. The lowest BCUT2D eigenvalue weighted by Gasteiger charge is -2.13. The fourth-order valence-electron chi connectivity index (χ4n) is 2.57. The van der Waals surface area contributed by atoms with Crippen LogP contribution >= 0.6 is 0 Å². The summed E-state index contributed by atoms with van der Waals surface area (Å²) in [5, 5.41) is 5.99. The number of nitrogens with one attached hydrogen (secondary N) is 2. The van der Waals surface area contributed by atoms with Gasteiger partial charge in [-0.05, 0) is 30.7 Å². The van der Waals surface area contributed by atoms with Crippen LogP contribution in [0.4, 0.5) is 11.5 Å². The van der Waals surface area contributed by atoms with Crippen molar-refractivity contribution in [2.24, 2.45) is 0 Å². The number of aromatic nitrogens is 3. The summed E-state index contributed by atoms with van der Waals surface area (Å²) in [6.45, 7) is 2.09. The second kappa shape index (κ2) is 8.81. The van der Waals surface area contributed by atoms with Crippen LogP contribution in [0.25, 0.3) is 0 Å². The molecule has 0 aliphatic rings. The van der Waals surface area contributed by atoms with Gasteiger partial charge >= 0.3 is 0 Å². The molecule has 2 aromatic heterocycles. The number of carbonyl (C=O) groups excluding carboxylic acids is 1. The van der Waals surface area contributed by atoms with E-state index in [1.807, 2.05) is 12.1 Å². The molecule has 2 N–H and O–H groups in total. The second-order valence-corrected chi connectivity index (χ2v) is 5.92. The zero-order valence-corrected chi connectivity index (χ0v) is 15.9. The summed E-state index contributed by atoms with van der Waals surface area (Å²) in [4.78, 5) is 25.1. The van der Waals surface area contributed by atoms with E-state index in [4.69, 9.17) is 9.47 Å². The van der Waals surface area contributed by atoms with E-state index in [0.717, 1.165) is 5.56 Å². The first-order chi connectivity index (χ1) is 13.6. The van der Waals surface area contributed by atoms with Gasteiger partial charge in [0.1, 0.15) is 28.8 Å². The molecule has 3 aromatic rings. The molecule has 1 amide bonds. The first-order valence-electron chi connectivity index (χ1n) is 8.61. The van der Waals surface area contributed by atoms with Crippen LogP contribution in [0, 0.1) is 6.92 Å². The van der Waals surface area contributed by atoms with E-state index in [1.54, 1.807) is 57.8 Å². The average molecular weight is 379 g/mol. The highest BCUT2D eigenvalue weighted by Gasteiger charge is 2.12. The largest absolute Gasteiger partial charge is 0.497 e. The molecule has 0 saturated heterocycles. The van der Waals surface area contributed by atoms with E-state index >= 15 is 0 Å². The lowest BCUT2D eigenvalue weighted by molar-refractivity contribution is 0.0945. The zero-order chi connectivity index (χ0) is 19.9. The minimum atomic E-state index is -0.296. The number of aryl methyl sites for hydroxylation is 1. The Morgan fingerprint density at radius 2 is 1.96 bits per heavy atom. The molecule has 0 atom stereocenters. The van der Waals surface area contributed by atoms with Gasteiger partial charge in [-0.15, -0.1) is 0 Å². The van der Waals surface area contributed by atoms with Crippen molar-refractivity contribution in [2.45, 2.75) is 13.5 Å². The molecule has 3 rings (SSSR count). The van der Waals surface area contributed by atoms with E-state index in [1.165, 1.54) is 0 Å². The Hall–Kier alpha value is -3.68. The van der Waals surface area contributed by atoms with Crippen LogP contribution in [0.5, 0.6) is 11.5 Å². The van der Waals surface area contributed by atoms with Crippen LogP contribution in [-0.4, -0.2) is 35.1 Å². The topological polar surface area (TPSA) is 98.3 Å². The Kier molecular flexibility index (Phi) is 6.01. The Morgan fingerprint density at radius 3 is 2.68 bits per heavy atom. The molecule has 0 aliphatic heterocycles. The highest BCUT2D eigenvalue weighted by Crippen LogP contribution is 2.31. The molecule has 1 aromatic carbocycles. The molecule has 0 aliphatic carbocycles. The number of hydrogen-bond donors (Lipinski definition) is 2. The standard InChI is InChI=1S/C20H21N5O3/c1-13-23-17(20(26)22-12-14-5-4-8-21-11-14)10-19(24-13)25-16-9-15(27-2)6-7-18(16)28-3/h4-11H,12H2,1-3H3,(H,22,26)(H,23,24,25). The second-order valence-electron chi connectivity index (χ2n) is 5.92. The molecular formula is C20H21N5O3. The van der Waals surface area contributed by atoms with E-state index < -0.39 is 0 Å². The third-order valence-electron chi connectivity index (χ3n) is 3.92. The van der Waals surface area contributed by atoms with Gasteiger partial charge in [-0.3, -0.25) is 9.78 Å². The number of nitrogens with zero attached hydrogens (tertiary/aromatic N) is 3. The van der Waals surface area contributed by atoms with Crippen molar-refractivity contribution in [3.63, 3.8) is 0 Å². The van der Waals surface area contributed by atoms with Crippen LogP contribution in [0.2, 0.25) is 0 Å². The maximum Gasteiger partial charge on any atom is 0.270 e. The molecule has 28 heavy (non-hydrogen) atoms. The quantitative estimate of drug-likeness (QED) is 0.651. The summed E-state index contributed by atoms with van der Waals surface area (Å²) in [6.07, 6.45) is 3.39. The third kappa shape index (κ3) is 4.73. The van der Waals surface area contributed by atoms with Gasteiger partial charge in [0.15, 0.2) is 0 Å². The lowest BCUT2D eigenvalue weighted by atomic mass is 10.2. The monoisotopic (exact) mass is 379 g/mol. The number of methoxy groups -OCH3 is 2. The van der Waals surface area contributed by atoms with Gasteiger partial charge in [-0.1, -0.05) is 6.07 Å². The highest BCUT2D eigenvalue weighted by atomic mass is 16.5. The van der Waals surface area contributed by atoms with Crippen molar-refractivity contribution < 1.29 is 14.3 Å². The molecular weight excluding hydrogens is 358 g/mol. The van der Waals surface area contributed by atoms with Crippen molar-refractivity contribution in [3.8, 4) is 11.5 Å². The third-order valence-corrected chi connectivity index (χ3v) is 3.92. The van der Waals surface area contributed by atoms with Crippen molar-refractivity contribution in [1.82, 2.24) is 20.3 Å². The summed E-state index contributed by atoms with van der Waals surface area (Å²) in [6, 6.07) is 10.7. The van der Waals surface area contributed by atoms with Crippen molar-refractivity contribution in [2.75, 3.05) is 19.5 Å². The predicted octanol–water partition coefficient (Wildman–Crippen LogP) is 2.87. The number of ether oxygens (including phenoxy) is 2. The summed E-state index contributed by atoms with van der Waals surface area (Å²) >= 11 is 0. The van der Waals surface area contributed by atoms with Gasteiger partial charge in [-0.25, -0.2) is 9.97 Å². The van der Waals surface area contributed by atoms with Gasteiger partial charge in [0.25, 0.3) is 5.91 Å². The number of benzene rings is 1. The zero-order valence-electron chi connectivity index (χ0n) is 15.9. The van der Waals surface area contributed by atoms with Crippen molar-refractivity contribution >= 4 is 17.4 Å². The molecule has 8 nitrogen and oxygen atoms in total. The van der Waals surface area contributed by atoms with E-state index in [-0.39, 0.29) is 11.6 Å². The Morgan fingerprint density at radius 1 is 1.11 bits per heavy atom. The fourth-order valence-corrected chi connectivity index (χ4v) is 2.57. The van der Waals surface area contributed by atoms with E-state index in [9.17, 15) is 4.79 Å². The molecule has 2 heterocycles. The van der Waals surface area contributed by atoms with E-state index in [0.29, 0.717) is 35.4 Å². The lowest BCUT2D eigenvalue weighted by Crippen LogP contribution is -2.24. The molecule has 0 radical (unpaired) electrons. The number of carbonyl (C=O) groups is 1. The SMILES string of the molecule is COc1ccc(OC)c(Nc2cc(C(=O)NCc3cccnc3)nc(C)n2)c1. The van der Waals surface area contributed by atoms with E-state index in [2.05, 4.69) is 25.6 Å². The molecule has 0 unspecified atom stereocenters. The molecule has 0 fully saturated rings. The maximum absolute atomic E-state index is 12.5. The van der Waals surface area contributed by atoms with Crippen molar-refractivity contribution in [1.29, 1.82) is 0 Å². The fraction of sp³-hybridized carbons (Fsp3) is 0.200. The Balaban J connectivity index is 1.79. The predicted molar refractivity (Wildman–Crippen MR) is 105 cm³/mol. The molecule has 0 spiro atoms. The molecule has 8 heteroatoms. The molecule has 0 bridgehead atoms. The Bertz CT molecular complexity index is 963. The van der Waals surface area contributed by atoms with Gasteiger partial charge in [0.05, 0.1) is 19.9 Å². The van der Waals surface area contributed by atoms with Gasteiger partial charge < -0.3 is 20.1 Å². The normalized spacial score (nSPS) is 10.2. The van der Waals surface area contributed by atoms with Crippen LogP contribution in [0.1, 0.15) is 21.9 Å². The van der Waals surface area contributed by atoms with Gasteiger partial charge in [0, 0.05) is 31.1 Å². The smallest absolute Gasteiger partial charge is 0.270 e. The average Bonchev–Trinajstić information content (AvgIpc) is 2.72. The number of hydrogen-bond acceptors (Lipinski definition) is 7. The number of pyridine rings is 1. The van der Waals surface area contributed by atoms with Crippen molar-refractivity contribution in [3.05, 3.63) is 65.9 Å². The summed E-state index contributed by atoms with van der Waals surface area (Å²) in [7, 11) is 3.17. The summed E-state index contributed by atoms with van der Waals surface area (Å²) in [5.74, 6) is 1.95. The minimum absolute atomic E-state index is 0.265. The maximum atomic E-state index is 12.5. The van der Waals surface area contributed by atoms with Crippen LogP contribution in [0.15, 0.2) is 48.8 Å². The molecule has 0 saturated carbocycles. The Labute approximate surface area is 163 Å². The van der Waals surface area contributed by atoms with Crippen LogP contribution in [-0.2, 0) is 6.54 Å². The number of anilines is 2. The van der Waals surface area contributed by atoms with Gasteiger partial charge in [0.2, 0.25) is 0 Å². The number of amides is 1. The minimum Gasteiger partial charge on any atom is -0.497 e. The van der Waals surface area contributed by atoms with Crippen LogP contribution in [0.3, 0.4) is 0 Å². The number of rotatable bonds is 7. The van der Waals surface area contributed by atoms with Crippen LogP contribution < -0.4 is 20.1 Å². The van der Waals surface area contributed by atoms with Gasteiger partial charge in [-0.2, -0.15) is 0 Å². The summed E-state index contributed by atoms with van der Waals surface area (Å²) in [5.41, 5.74) is 1.84. The molecule has 144 valence electrons. The first-order valence-corrected chi connectivity index (χ1v) is 8.61. The first kappa shape index (κ1) is 19.1. The highest BCUT2D eigenvalue weighted by molar-refractivity contribution is 5.93.